The Hall–Kier alpha value is -1.33. The Morgan fingerprint density at radius 2 is 2.16 bits per heavy atom. The van der Waals surface area contributed by atoms with Crippen molar-refractivity contribution < 1.29 is 4.79 Å². The minimum Gasteiger partial charge on any atom is -0.338 e. The van der Waals surface area contributed by atoms with E-state index in [0.29, 0.717) is 18.4 Å². The van der Waals surface area contributed by atoms with E-state index in [9.17, 15) is 9.59 Å². The van der Waals surface area contributed by atoms with Gasteiger partial charge in [0.2, 0.25) is 0 Å². The molecule has 1 aliphatic heterocycles. The number of aromatic nitrogens is 1. The lowest BCUT2D eigenvalue weighted by Crippen LogP contribution is -2.35. The molecule has 3 atom stereocenters. The number of rotatable bonds is 1. The molecular formula is C13H18ClN3O2. The predicted octanol–water partition coefficient (Wildman–Crippen LogP) is 0.606. The van der Waals surface area contributed by atoms with E-state index in [4.69, 9.17) is 5.73 Å². The van der Waals surface area contributed by atoms with Crippen LogP contribution in [0.25, 0.3) is 0 Å². The Labute approximate surface area is 117 Å². The fourth-order valence-corrected chi connectivity index (χ4v) is 3.23. The van der Waals surface area contributed by atoms with Crippen LogP contribution in [0.2, 0.25) is 0 Å². The van der Waals surface area contributed by atoms with Crippen LogP contribution in [0.5, 0.6) is 0 Å². The first-order valence-corrected chi connectivity index (χ1v) is 6.39. The van der Waals surface area contributed by atoms with Crippen LogP contribution in [0.4, 0.5) is 0 Å². The quantitative estimate of drug-likeness (QED) is 0.792. The third-order valence-corrected chi connectivity index (χ3v) is 4.25. The summed E-state index contributed by atoms with van der Waals surface area (Å²) in [7, 11) is 0. The normalized spacial score (nSPS) is 28.9. The van der Waals surface area contributed by atoms with Crippen LogP contribution in [0.1, 0.15) is 23.2 Å². The van der Waals surface area contributed by atoms with Crippen LogP contribution >= 0.6 is 12.4 Å². The predicted molar refractivity (Wildman–Crippen MR) is 74.4 cm³/mol. The van der Waals surface area contributed by atoms with Crippen LogP contribution in [0, 0.1) is 11.8 Å². The maximum Gasteiger partial charge on any atom is 0.260 e. The third-order valence-electron chi connectivity index (χ3n) is 4.25. The average Bonchev–Trinajstić information content (AvgIpc) is 2.92. The Balaban J connectivity index is 0.00000133. The van der Waals surface area contributed by atoms with Crippen molar-refractivity contribution in [2.45, 2.75) is 18.9 Å². The summed E-state index contributed by atoms with van der Waals surface area (Å²) in [5.41, 5.74) is 5.96. The summed E-state index contributed by atoms with van der Waals surface area (Å²) >= 11 is 0. The fraction of sp³-hybridized carbons (Fsp3) is 0.538. The van der Waals surface area contributed by atoms with Crippen molar-refractivity contribution in [3.05, 3.63) is 34.2 Å². The molecule has 0 aromatic carbocycles. The minimum atomic E-state index is -0.316. The summed E-state index contributed by atoms with van der Waals surface area (Å²) in [6.07, 6.45) is 3.69. The van der Waals surface area contributed by atoms with Crippen molar-refractivity contribution in [2.24, 2.45) is 17.6 Å². The van der Waals surface area contributed by atoms with E-state index in [-0.39, 0.29) is 35.5 Å². The summed E-state index contributed by atoms with van der Waals surface area (Å²) in [6.45, 7) is 1.44. The van der Waals surface area contributed by atoms with Gasteiger partial charge in [0.05, 0.1) is 0 Å². The molecule has 1 aromatic rings. The topological polar surface area (TPSA) is 79.2 Å². The zero-order valence-corrected chi connectivity index (χ0v) is 11.4. The maximum absolute atomic E-state index is 12.3. The van der Waals surface area contributed by atoms with Gasteiger partial charge in [0.15, 0.2) is 0 Å². The number of hydrogen-bond donors (Lipinski definition) is 2. The summed E-state index contributed by atoms with van der Waals surface area (Å²) < 4.78 is 0. The van der Waals surface area contributed by atoms with E-state index >= 15 is 0 Å². The standard InChI is InChI=1S/C13H17N3O2.ClH/c14-11-4-3-8-6-16(7-10(8)11)13(18)9-2-1-5-15-12(9)17;/h1-2,5,8,10-11H,3-4,6-7,14H2,(H,15,17);1H. The molecule has 1 amide bonds. The number of nitrogens with two attached hydrogens (primary N) is 1. The number of carbonyl (C=O) groups is 1. The largest absolute Gasteiger partial charge is 0.338 e. The summed E-state index contributed by atoms with van der Waals surface area (Å²) in [5, 5.41) is 0. The first-order chi connectivity index (χ1) is 8.66. The Morgan fingerprint density at radius 1 is 1.37 bits per heavy atom. The molecular weight excluding hydrogens is 266 g/mol. The monoisotopic (exact) mass is 283 g/mol. The van der Waals surface area contributed by atoms with Crippen LogP contribution in [0.3, 0.4) is 0 Å². The van der Waals surface area contributed by atoms with Crippen molar-refractivity contribution >= 4 is 18.3 Å². The first kappa shape index (κ1) is 14.1. The van der Waals surface area contributed by atoms with E-state index in [0.717, 1.165) is 19.4 Å². The molecule has 19 heavy (non-hydrogen) atoms. The molecule has 3 N–H and O–H groups in total. The van der Waals surface area contributed by atoms with E-state index in [1.54, 1.807) is 17.0 Å². The van der Waals surface area contributed by atoms with E-state index < -0.39 is 0 Å². The lowest BCUT2D eigenvalue weighted by Gasteiger charge is -2.18. The van der Waals surface area contributed by atoms with Gasteiger partial charge in [0.1, 0.15) is 5.56 Å². The van der Waals surface area contributed by atoms with E-state index in [2.05, 4.69) is 4.98 Å². The Kier molecular flexibility index (Phi) is 3.96. The number of likely N-dealkylation sites (tertiary alicyclic amines) is 1. The third kappa shape index (κ3) is 2.40. The highest BCUT2D eigenvalue weighted by molar-refractivity contribution is 5.94. The molecule has 0 bridgehead atoms. The van der Waals surface area contributed by atoms with Crippen molar-refractivity contribution in [2.75, 3.05) is 13.1 Å². The molecule has 2 aliphatic rings. The van der Waals surface area contributed by atoms with Gasteiger partial charge in [-0.2, -0.15) is 0 Å². The van der Waals surface area contributed by atoms with Crippen LogP contribution < -0.4 is 11.3 Å². The van der Waals surface area contributed by atoms with Crippen molar-refractivity contribution in [1.82, 2.24) is 9.88 Å². The molecule has 0 spiro atoms. The van der Waals surface area contributed by atoms with Crippen molar-refractivity contribution in [1.29, 1.82) is 0 Å². The molecule has 6 heteroatoms. The van der Waals surface area contributed by atoms with Crippen LogP contribution in [-0.4, -0.2) is 34.9 Å². The van der Waals surface area contributed by atoms with Crippen molar-refractivity contribution in [3.8, 4) is 0 Å². The lowest BCUT2D eigenvalue weighted by molar-refractivity contribution is 0.0778. The van der Waals surface area contributed by atoms with Crippen molar-refractivity contribution in [3.63, 3.8) is 0 Å². The maximum atomic E-state index is 12.3. The number of carbonyl (C=O) groups excluding carboxylic acids is 1. The molecule has 104 valence electrons. The minimum absolute atomic E-state index is 0. The second-order valence-corrected chi connectivity index (χ2v) is 5.29. The van der Waals surface area contributed by atoms with Gasteiger partial charge < -0.3 is 15.6 Å². The number of nitrogens with zero attached hydrogens (tertiary/aromatic N) is 1. The molecule has 0 radical (unpaired) electrons. The zero-order chi connectivity index (χ0) is 12.7. The van der Waals surface area contributed by atoms with E-state index in [1.807, 2.05) is 0 Å². The van der Waals surface area contributed by atoms with Gasteiger partial charge in [-0.15, -0.1) is 12.4 Å². The molecule has 3 rings (SSSR count). The van der Waals surface area contributed by atoms with Gasteiger partial charge in [-0.3, -0.25) is 9.59 Å². The molecule has 2 fully saturated rings. The fourth-order valence-electron chi connectivity index (χ4n) is 3.23. The molecule has 3 unspecified atom stereocenters. The molecule has 1 saturated carbocycles. The Bertz CT molecular complexity index is 531. The van der Waals surface area contributed by atoms with Gasteiger partial charge in [-0.25, -0.2) is 0 Å². The number of aromatic amines is 1. The highest BCUT2D eigenvalue weighted by atomic mass is 35.5. The lowest BCUT2D eigenvalue weighted by atomic mass is 9.98. The van der Waals surface area contributed by atoms with Gasteiger partial charge in [0, 0.05) is 25.3 Å². The highest BCUT2D eigenvalue weighted by Crippen LogP contribution is 2.37. The van der Waals surface area contributed by atoms with Gasteiger partial charge in [0.25, 0.3) is 11.5 Å². The number of halogens is 1. The first-order valence-electron chi connectivity index (χ1n) is 6.39. The molecule has 1 aromatic heterocycles. The van der Waals surface area contributed by atoms with E-state index in [1.165, 1.54) is 6.20 Å². The van der Waals surface area contributed by atoms with Crippen LogP contribution in [0.15, 0.2) is 23.1 Å². The Morgan fingerprint density at radius 3 is 2.84 bits per heavy atom. The second-order valence-electron chi connectivity index (χ2n) is 5.29. The van der Waals surface area contributed by atoms with Gasteiger partial charge >= 0.3 is 0 Å². The SMILES string of the molecule is Cl.NC1CCC2CN(C(=O)c3ccc[nH]c3=O)CC12. The molecule has 5 nitrogen and oxygen atoms in total. The molecule has 1 saturated heterocycles. The number of nitrogens with one attached hydrogen (secondary N) is 1. The average molecular weight is 284 g/mol. The number of H-pyrrole nitrogens is 1. The number of pyridine rings is 1. The van der Waals surface area contributed by atoms with Gasteiger partial charge in [-0.1, -0.05) is 0 Å². The highest BCUT2D eigenvalue weighted by Gasteiger charge is 2.42. The summed E-state index contributed by atoms with van der Waals surface area (Å²) in [4.78, 5) is 28.2. The second kappa shape index (κ2) is 5.35. The zero-order valence-electron chi connectivity index (χ0n) is 10.5. The molecule has 1 aliphatic carbocycles. The molecule has 2 heterocycles. The summed E-state index contributed by atoms with van der Waals surface area (Å²) in [5.74, 6) is 0.766. The van der Waals surface area contributed by atoms with Gasteiger partial charge in [-0.05, 0) is 36.8 Å². The number of fused-ring (bicyclic) bond motifs is 1. The smallest absolute Gasteiger partial charge is 0.260 e. The van der Waals surface area contributed by atoms with Crippen LogP contribution in [-0.2, 0) is 0 Å². The number of hydrogen-bond acceptors (Lipinski definition) is 3. The number of amides is 1. The summed E-state index contributed by atoms with van der Waals surface area (Å²) in [6, 6.07) is 3.47.